The van der Waals surface area contributed by atoms with E-state index in [4.69, 9.17) is 0 Å². The monoisotopic (exact) mass is 319 g/mol. The molecule has 1 rings (SSSR count). The highest BCUT2D eigenvalue weighted by Gasteiger charge is 2.18. The number of likely N-dealkylation sites (N-methyl/N-ethyl adjacent to an activating group) is 1. The summed E-state index contributed by atoms with van der Waals surface area (Å²) >= 11 is 0. The topological polar surface area (TPSA) is 61.4 Å². The Labute approximate surface area is 139 Å². The summed E-state index contributed by atoms with van der Waals surface area (Å²) in [7, 11) is 0. The molecule has 128 valence electrons. The van der Waals surface area contributed by atoms with E-state index in [0.717, 1.165) is 16.8 Å². The lowest BCUT2D eigenvalue weighted by Crippen LogP contribution is -2.47. The van der Waals surface area contributed by atoms with Crippen molar-refractivity contribution in [1.82, 2.24) is 10.2 Å². The fourth-order valence-electron chi connectivity index (χ4n) is 2.29. The van der Waals surface area contributed by atoms with Crippen molar-refractivity contribution in [1.29, 1.82) is 0 Å². The summed E-state index contributed by atoms with van der Waals surface area (Å²) in [4.78, 5) is 26.0. The van der Waals surface area contributed by atoms with Gasteiger partial charge in [-0.2, -0.15) is 0 Å². The van der Waals surface area contributed by atoms with Gasteiger partial charge in [-0.05, 0) is 52.8 Å². The summed E-state index contributed by atoms with van der Waals surface area (Å²) in [5.74, 6) is -0.180. The van der Waals surface area contributed by atoms with Gasteiger partial charge in [0.25, 0.3) is 0 Å². The van der Waals surface area contributed by atoms with Gasteiger partial charge in [0.2, 0.25) is 11.8 Å². The molecule has 0 saturated carbocycles. The van der Waals surface area contributed by atoms with Gasteiger partial charge in [0.05, 0.1) is 13.1 Å². The maximum absolute atomic E-state index is 12.2. The van der Waals surface area contributed by atoms with Gasteiger partial charge in [-0.3, -0.25) is 14.5 Å². The molecule has 1 aromatic carbocycles. The molecule has 0 aromatic heterocycles. The zero-order valence-corrected chi connectivity index (χ0v) is 15.1. The Morgan fingerprint density at radius 1 is 1.09 bits per heavy atom. The highest BCUT2D eigenvalue weighted by molar-refractivity contribution is 5.93. The van der Waals surface area contributed by atoms with Crippen LogP contribution in [0.4, 0.5) is 5.69 Å². The second-order valence-corrected chi connectivity index (χ2v) is 6.97. The molecule has 0 bridgehead atoms. The Morgan fingerprint density at radius 3 is 2.22 bits per heavy atom. The summed E-state index contributed by atoms with van der Waals surface area (Å²) in [5.41, 5.74) is 2.75. The van der Waals surface area contributed by atoms with E-state index in [1.165, 1.54) is 0 Å². The number of hydrogen-bond donors (Lipinski definition) is 2. The van der Waals surface area contributed by atoms with Gasteiger partial charge in [0, 0.05) is 11.2 Å². The van der Waals surface area contributed by atoms with E-state index >= 15 is 0 Å². The molecule has 0 spiro atoms. The lowest BCUT2D eigenvalue weighted by atomic mass is 10.1. The summed E-state index contributed by atoms with van der Waals surface area (Å²) in [5, 5.41) is 5.82. The predicted octanol–water partition coefficient (Wildman–Crippen LogP) is 2.48. The third-order valence-corrected chi connectivity index (χ3v) is 3.35. The van der Waals surface area contributed by atoms with Crippen molar-refractivity contribution in [3.63, 3.8) is 0 Å². The first-order valence-corrected chi connectivity index (χ1v) is 8.01. The number of amides is 2. The van der Waals surface area contributed by atoms with E-state index in [1.54, 1.807) is 0 Å². The quantitative estimate of drug-likeness (QED) is 0.847. The van der Waals surface area contributed by atoms with Crippen LogP contribution in [0.5, 0.6) is 0 Å². The highest BCUT2D eigenvalue weighted by Crippen LogP contribution is 2.15. The third kappa shape index (κ3) is 7.28. The van der Waals surface area contributed by atoms with E-state index < -0.39 is 0 Å². The van der Waals surface area contributed by atoms with Crippen molar-refractivity contribution in [2.45, 2.75) is 47.1 Å². The number of anilines is 1. The van der Waals surface area contributed by atoms with Crippen molar-refractivity contribution in [2.24, 2.45) is 0 Å². The van der Waals surface area contributed by atoms with Gasteiger partial charge in [-0.1, -0.05) is 24.6 Å². The van der Waals surface area contributed by atoms with Gasteiger partial charge in [0.15, 0.2) is 0 Å². The lowest BCUT2D eigenvalue weighted by molar-refractivity contribution is -0.124. The minimum Gasteiger partial charge on any atom is -0.350 e. The average Bonchev–Trinajstić information content (AvgIpc) is 2.39. The number of benzene rings is 1. The van der Waals surface area contributed by atoms with Gasteiger partial charge in [0.1, 0.15) is 0 Å². The third-order valence-electron chi connectivity index (χ3n) is 3.35. The van der Waals surface area contributed by atoms with E-state index in [0.29, 0.717) is 6.54 Å². The van der Waals surface area contributed by atoms with Gasteiger partial charge < -0.3 is 10.6 Å². The minimum absolute atomic E-state index is 0.0707. The van der Waals surface area contributed by atoms with Crippen LogP contribution in [0.1, 0.15) is 38.8 Å². The van der Waals surface area contributed by atoms with Crippen LogP contribution >= 0.6 is 0 Å². The van der Waals surface area contributed by atoms with Gasteiger partial charge >= 0.3 is 0 Å². The zero-order chi connectivity index (χ0) is 17.6. The minimum atomic E-state index is -0.266. The first-order valence-electron chi connectivity index (χ1n) is 8.01. The number of aryl methyl sites for hydroxylation is 2. The molecule has 0 radical (unpaired) electrons. The normalized spacial score (nSPS) is 11.4. The van der Waals surface area contributed by atoms with Crippen LogP contribution in [0.2, 0.25) is 0 Å². The van der Waals surface area contributed by atoms with E-state index in [-0.39, 0.29) is 30.4 Å². The van der Waals surface area contributed by atoms with Gasteiger partial charge in [-0.15, -0.1) is 0 Å². The largest absolute Gasteiger partial charge is 0.350 e. The van der Waals surface area contributed by atoms with Crippen molar-refractivity contribution in [3.05, 3.63) is 29.3 Å². The lowest BCUT2D eigenvalue weighted by Gasteiger charge is -2.24. The molecule has 5 heteroatoms. The van der Waals surface area contributed by atoms with Crippen LogP contribution in [-0.2, 0) is 9.59 Å². The summed E-state index contributed by atoms with van der Waals surface area (Å²) < 4.78 is 0. The molecule has 0 fully saturated rings. The van der Waals surface area contributed by atoms with Crippen LogP contribution in [0.25, 0.3) is 0 Å². The van der Waals surface area contributed by atoms with Crippen molar-refractivity contribution in [3.8, 4) is 0 Å². The molecule has 0 atom stereocenters. The summed E-state index contributed by atoms with van der Waals surface area (Å²) in [6.07, 6.45) is 0. The summed E-state index contributed by atoms with van der Waals surface area (Å²) in [6.45, 7) is 12.8. The Hall–Kier alpha value is -1.88. The number of hydrogen-bond acceptors (Lipinski definition) is 3. The maximum atomic E-state index is 12.2. The Morgan fingerprint density at radius 2 is 1.70 bits per heavy atom. The Balaban J connectivity index is 2.58. The molecule has 5 nitrogen and oxygen atoms in total. The van der Waals surface area contributed by atoms with Crippen LogP contribution < -0.4 is 10.6 Å². The predicted molar refractivity (Wildman–Crippen MR) is 94.6 cm³/mol. The van der Waals surface area contributed by atoms with Crippen LogP contribution in [0.3, 0.4) is 0 Å². The standard InChI is InChI=1S/C18H29N3O2/c1-7-21(12-17(23)20-18(4,5)6)11-16(22)19-15-9-8-13(2)10-14(15)3/h8-10H,7,11-12H2,1-6H3,(H,19,22)(H,20,23). The fourth-order valence-corrected chi connectivity index (χ4v) is 2.29. The first-order chi connectivity index (χ1) is 10.6. The first kappa shape index (κ1) is 19.2. The molecular formula is C18H29N3O2. The van der Waals surface area contributed by atoms with Crippen molar-refractivity contribution >= 4 is 17.5 Å². The van der Waals surface area contributed by atoms with Crippen molar-refractivity contribution < 1.29 is 9.59 Å². The zero-order valence-electron chi connectivity index (χ0n) is 15.1. The molecule has 0 aliphatic rings. The average molecular weight is 319 g/mol. The van der Waals surface area contributed by atoms with E-state index in [2.05, 4.69) is 10.6 Å². The molecule has 2 amide bonds. The highest BCUT2D eigenvalue weighted by atomic mass is 16.2. The van der Waals surface area contributed by atoms with Crippen LogP contribution in [-0.4, -0.2) is 41.9 Å². The second kappa shape index (κ2) is 8.11. The molecule has 2 N–H and O–H groups in total. The van der Waals surface area contributed by atoms with E-state index in [1.807, 2.05) is 64.6 Å². The SMILES string of the molecule is CCN(CC(=O)Nc1ccc(C)cc1C)CC(=O)NC(C)(C)C. The molecule has 23 heavy (non-hydrogen) atoms. The fraction of sp³-hybridized carbons (Fsp3) is 0.556. The van der Waals surface area contributed by atoms with Crippen LogP contribution in [0, 0.1) is 13.8 Å². The Bertz CT molecular complexity index is 562. The number of rotatable bonds is 6. The number of nitrogens with one attached hydrogen (secondary N) is 2. The number of carbonyl (C=O) groups is 2. The van der Waals surface area contributed by atoms with E-state index in [9.17, 15) is 9.59 Å². The van der Waals surface area contributed by atoms with Crippen molar-refractivity contribution in [2.75, 3.05) is 25.0 Å². The molecule has 0 saturated heterocycles. The Kier molecular flexibility index (Phi) is 6.76. The molecule has 0 aliphatic heterocycles. The molecule has 0 unspecified atom stereocenters. The molecular weight excluding hydrogens is 290 g/mol. The maximum Gasteiger partial charge on any atom is 0.238 e. The molecule has 0 aliphatic carbocycles. The van der Waals surface area contributed by atoms with Gasteiger partial charge in [-0.25, -0.2) is 0 Å². The van der Waals surface area contributed by atoms with Crippen LogP contribution in [0.15, 0.2) is 18.2 Å². The molecule has 0 heterocycles. The second-order valence-electron chi connectivity index (χ2n) is 6.97. The summed E-state index contributed by atoms with van der Waals surface area (Å²) in [6, 6.07) is 5.91. The molecule has 1 aromatic rings. The smallest absolute Gasteiger partial charge is 0.238 e. The number of nitrogens with zero attached hydrogens (tertiary/aromatic N) is 1. The number of carbonyl (C=O) groups excluding carboxylic acids is 2.